The van der Waals surface area contributed by atoms with E-state index in [1.807, 2.05) is 58.0 Å². The van der Waals surface area contributed by atoms with Gasteiger partial charge in [0.15, 0.2) is 0 Å². The molecule has 3 aromatic carbocycles. The highest BCUT2D eigenvalue weighted by Crippen LogP contribution is 2.26. The summed E-state index contributed by atoms with van der Waals surface area (Å²) in [4.78, 5) is 13.0. The zero-order valence-corrected chi connectivity index (χ0v) is 21.5. The van der Waals surface area contributed by atoms with Crippen LogP contribution in [0.25, 0.3) is 0 Å². The van der Waals surface area contributed by atoms with Crippen LogP contribution in [-0.2, 0) is 14.8 Å². The Labute approximate surface area is 207 Å². The monoisotopic (exact) mass is 493 g/mol. The molecule has 3 aromatic rings. The summed E-state index contributed by atoms with van der Waals surface area (Å²) >= 11 is 0. The van der Waals surface area contributed by atoms with E-state index in [1.54, 1.807) is 43.3 Å². The molecule has 35 heavy (non-hydrogen) atoms. The molecule has 0 heterocycles. The van der Waals surface area contributed by atoms with E-state index in [2.05, 4.69) is 10.5 Å². The fourth-order valence-electron chi connectivity index (χ4n) is 3.58. The predicted octanol–water partition coefficient (Wildman–Crippen LogP) is 4.75. The number of anilines is 1. The molecule has 8 heteroatoms. The smallest absolute Gasteiger partial charge is 0.264 e. The van der Waals surface area contributed by atoms with Gasteiger partial charge in [-0.15, -0.1) is 0 Å². The number of amides is 1. The van der Waals surface area contributed by atoms with Crippen molar-refractivity contribution in [2.75, 3.05) is 17.5 Å². The lowest BCUT2D eigenvalue weighted by Crippen LogP contribution is -2.39. The van der Waals surface area contributed by atoms with E-state index in [-0.39, 0.29) is 4.90 Å². The molecule has 0 spiro atoms. The third-order valence-electron chi connectivity index (χ3n) is 5.32. The molecule has 0 bridgehead atoms. The van der Waals surface area contributed by atoms with Crippen LogP contribution >= 0.6 is 0 Å². The number of benzene rings is 3. The quantitative estimate of drug-likeness (QED) is 0.344. The van der Waals surface area contributed by atoms with Crippen molar-refractivity contribution in [2.45, 2.75) is 39.5 Å². The van der Waals surface area contributed by atoms with E-state index < -0.39 is 22.5 Å². The van der Waals surface area contributed by atoms with Crippen LogP contribution in [0.2, 0.25) is 0 Å². The second-order valence-corrected chi connectivity index (χ2v) is 10.2. The maximum atomic E-state index is 13.5. The summed E-state index contributed by atoms with van der Waals surface area (Å²) in [7, 11) is -3.99. The highest BCUT2D eigenvalue weighted by Gasteiger charge is 2.27. The summed E-state index contributed by atoms with van der Waals surface area (Å²) in [6, 6.07) is 19.4. The van der Waals surface area contributed by atoms with E-state index in [1.165, 1.54) is 0 Å². The van der Waals surface area contributed by atoms with Gasteiger partial charge in [-0.05, 0) is 99.8 Å². The van der Waals surface area contributed by atoms with Gasteiger partial charge in [0.1, 0.15) is 12.3 Å². The van der Waals surface area contributed by atoms with Crippen LogP contribution in [0.1, 0.15) is 36.1 Å². The predicted molar refractivity (Wildman–Crippen MR) is 140 cm³/mol. The minimum Gasteiger partial charge on any atom is -0.494 e. The third-order valence-corrected chi connectivity index (χ3v) is 7.11. The molecule has 1 amide bonds. The molecule has 0 aliphatic carbocycles. The molecule has 7 nitrogen and oxygen atoms in total. The summed E-state index contributed by atoms with van der Waals surface area (Å²) in [6.45, 7) is 9.49. The topological polar surface area (TPSA) is 88.1 Å². The minimum atomic E-state index is -3.99. The summed E-state index contributed by atoms with van der Waals surface area (Å²) in [5, 5.41) is 4.17. The van der Waals surface area contributed by atoms with E-state index in [0.717, 1.165) is 32.3 Å². The van der Waals surface area contributed by atoms with Gasteiger partial charge in [0.2, 0.25) is 0 Å². The van der Waals surface area contributed by atoms with Gasteiger partial charge in [-0.2, -0.15) is 5.10 Å². The average Bonchev–Trinajstić information content (AvgIpc) is 2.81. The Balaban J connectivity index is 1.86. The number of aryl methyl sites for hydroxylation is 3. The Kier molecular flexibility index (Phi) is 8.30. The lowest BCUT2D eigenvalue weighted by molar-refractivity contribution is -0.119. The number of hydrogen-bond acceptors (Lipinski definition) is 5. The molecule has 0 aliphatic rings. The van der Waals surface area contributed by atoms with Crippen molar-refractivity contribution in [1.82, 2.24) is 5.43 Å². The van der Waals surface area contributed by atoms with Crippen LogP contribution in [0.3, 0.4) is 0 Å². The molecule has 184 valence electrons. The van der Waals surface area contributed by atoms with Gasteiger partial charge in [-0.25, -0.2) is 13.8 Å². The van der Waals surface area contributed by atoms with Crippen molar-refractivity contribution in [1.29, 1.82) is 0 Å². The van der Waals surface area contributed by atoms with Gasteiger partial charge in [0, 0.05) is 0 Å². The van der Waals surface area contributed by atoms with Crippen molar-refractivity contribution in [2.24, 2.45) is 5.10 Å². The molecule has 0 unspecified atom stereocenters. The second-order valence-electron chi connectivity index (χ2n) is 8.36. The Hall–Kier alpha value is -3.65. The first-order chi connectivity index (χ1) is 16.6. The molecule has 0 saturated carbocycles. The zero-order valence-electron chi connectivity index (χ0n) is 20.7. The highest BCUT2D eigenvalue weighted by molar-refractivity contribution is 7.92. The number of ether oxygens (including phenoxy) is 1. The van der Waals surface area contributed by atoms with Crippen LogP contribution in [0.15, 0.2) is 76.7 Å². The van der Waals surface area contributed by atoms with E-state index in [9.17, 15) is 13.2 Å². The Bertz CT molecular complexity index is 1300. The van der Waals surface area contributed by atoms with Crippen LogP contribution in [0.5, 0.6) is 5.75 Å². The van der Waals surface area contributed by atoms with Crippen molar-refractivity contribution in [3.63, 3.8) is 0 Å². The molecule has 0 radical (unpaired) electrons. The Morgan fingerprint density at radius 3 is 2.09 bits per heavy atom. The SMILES string of the molecule is CCOc1ccc(/C(C)=N\NC(=O)CN(c2cc(C)cc(C)c2)S(=O)(=O)c2ccc(C)cc2)cc1. The lowest BCUT2D eigenvalue weighted by Gasteiger charge is -2.24. The summed E-state index contributed by atoms with van der Waals surface area (Å²) in [6.07, 6.45) is 0. The number of hydrazone groups is 1. The summed E-state index contributed by atoms with van der Waals surface area (Å²) < 4.78 is 33.7. The summed E-state index contributed by atoms with van der Waals surface area (Å²) in [5.41, 5.74) is 7.05. The zero-order chi connectivity index (χ0) is 25.6. The average molecular weight is 494 g/mol. The first-order valence-electron chi connectivity index (χ1n) is 11.3. The fraction of sp³-hybridized carbons (Fsp3) is 0.259. The number of hydrogen-bond donors (Lipinski definition) is 1. The van der Waals surface area contributed by atoms with E-state index in [4.69, 9.17) is 4.74 Å². The molecule has 0 atom stereocenters. The van der Waals surface area contributed by atoms with Crippen LogP contribution in [-0.4, -0.2) is 33.2 Å². The molecule has 0 aliphatic heterocycles. The fourth-order valence-corrected chi connectivity index (χ4v) is 4.99. The Morgan fingerprint density at radius 1 is 0.914 bits per heavy atom. The normalized spacial score (nSPS) is 11.7. The second kappa shape index (κ2) is 11.2. The standard InChI is InChI=1S/C27H31N3O4S/c1-6-34-25-11-9-23(10-12-25)22(5)28-29-27(31)18-30(24-16-20(3)15-21(4)17-24)35(32,33)26-13-7-19(2)8-14-26/h7-17H,6,18H2,1-5H3,(H,29,31)/b28-22-. The number of nitrogens with one attached hydrogen (secondary N) is 1. The molecular formula is C27H31N3O4S. The van der Waals surface area contributed by atoms with E-state index in [0.29, 0.717) is 18.0 Å². The van der Waals surface area contributed by atoms with E-state index >= 15 is 0 Å². The summed E-state index contributed by atoms with van der Waals surface area (Å²) in [5.74, 6) is 0.198. The highest BCUT2D eigenvalue weighted by atomic mass is 32.2. The number of carbonyl (C=O) groups is 1. The maximum absolute atomic E-state index is 13.5. The molecule has 0 saturated heterocycles. The molecule has 3 rings (SSSR count). The third kappa shape index (κ3) is 6.70. The molecule has 0 aromatic heterocycles. The number of rotatable bonds is 9. The van der Waals surface area contributed by atoms with Gasteiger partial charge in [0.25, 0.3) is 15.9 Å². The largest absolute Gasteiger partial charge is 0.494 e. The van der Waals surface area contributed by atoms with Crippen molar-refractivity contribution >= 4 is 27.3 Å². The maximum Gasteiger partial charge on any atom is 0.264 e. The van der Waals surface area contributed by atoms with Gasteiger partial charge >= 0.3 is 0 Å². The van der Waals surface area contributed by atoms with Crippen molar-refractivity contribution in [3.8, 4) is 5.75 Å². The first kappa shape index (κ1) is 26.0. The lowest BCUT2D eigenvalue weighted by atomic mass is 10.1. The number of sulfonamides is 1. The molecule has 0 fully saturated rings. The van der Waals surface area contributed by atoms with Gasteiger partial charge in [0.05, 0.1) is 22.9 Å². The van der Waals surface area contributed by atoms with Gasteiger partial charge in [-0.1, -0.05) is 23.8 Å². The number of nitrogens with zero attached hydrogens (tertiary/aromatic N) is 2. The van der Waals surface area contributed by atoms with Gasteiger partial charge in [-0.3, -0.25) is 9.10 Å². The van der Waals surface area contributed by atoms with Crippen LogP contribution in [0, 0.1) is 20.8 Å². The Morgan fingerprint density at radius 2 is 1.51 bits per heavy atom. The number of carbonyl (C=O) groups excluding carboxylic acids is 1. The van der Waals surface area contributed by atoms with Crippen LogP contribution in [0.4, 0.5) is 5.69 Å². The van der Waals surface area contributed by atoms with Crippen LogP contribution < -0.4 is 14.5 Å². The van der Waals surface area contributed by atoms with Crippen molar-refractivity contribution < 1.29 is 17.9 Å². The molecular weight excluding hydrogens is 462 g/mol. The minimum absolute atomic E-state index is 0.115. The van der Waals surface area contributed by atoms with Gasteiger partial charge < -0.3 is 4.74 Å². The first-order valence-corrected chi connectivity index (χ1v) is 12.8. The molecule has 1 N–H and O–H groups in total. The van der Waals surface area contributed by atoms with Crippen molar-refractivity contribution in [3.05, 3.63) is 89.0 Å².